The summed E-state index contributed by atoms with van der Waals surface area (Å²) in [6, 6.07) is 10.3. The van der Waals surface area contributed by atoms with Gasteiger partial charge < -0.3 is 15.5 Å². The molecule has 0 aliphatic carbocycles. The molecule has 0 saturated carbocycles. The van der Waals surface area contributed by atoms with Gasteiger partial charge in [-0.05, 0) is 44.2 Å². The molecular formula is C20H29N3O2. The highest BCUT2D eigenvalue weighted by Crippen LogP contribution is 2.14. The van der Waals surface area contributed by atoms with E-state index in [1.54, 1.807) is 0 Å². The van der Waals surface area contributed by atoms with Crippen LogP contribution in [0.3, 0.4) is 0 Å². The van der Waals surface area contributed by atoms with Crippen molar-refractivity contribution in [2.45, 2.75) is 57.0 Å². The topological polar surface area (TPSA) is 61.4 Å². The number of hydrogen-bond acceptors (Lipinski definition) is 3. The molecule has 5 heteroatoms. The Kier molecular flexibility index (Phi) is 6.45. The van der Waals surface area contributed by atoms with Crippen LogP contribution in [-0.4, -0.2) is 48.4 Å². The molecule has 5 nitrogen and oxygen atoms in total. The summed E-state index contributed by atoms with van der Waals surface area (Å²) in [5, 5.41) is 6.46. The summed E-state index contributed by atoms with van der Waals surface area (Å²) in [5.41, 5.74) is 1.21. The monoisotopic (exact) mass is 343 g/mol. The molecule has 2 N–H and O–H groups in total. The normalized spacial score (nSPS) is 21.8. The van der Waals surface area contributed by atoms with Crippen LogP contribution in [0.5, 0.6) is 0 Å². The molecular weight excluding hydrogens is 314 g/mol. The van der Waals surface area contributed by atoms with Crippen LogP contribution in [-0.2, 0) is 16.0 Å². The van der Waals surface area contributed by atoms with Gasteiger partial charge in [0, 0.05) is 25.6 Å². The van der Waals surface area contributed by atoms with Crippen molar-refractivity contribution in [3.8, 4) is 0 Å². The van der Waals surface area contributed by atoms with Crippen LogP contribution in [0.2, 0.25) is 0 Å². The number of piperidine rings is 2. The third kappa shape index (κ3) is 5.30. The lowest BCUT2D eigenvalue weighted by Crippen LogP contribution is -2.52. The molecule has 1 aromatic rings. The average molecular weight is 343 g/mol. The van der Waals surface area contributed by atoms with E-state index in [0.29, 0.717) is 6.42 Å². The SMILES string of the molecule is O=C(NC1CCN(C(=O)CCc2ccccc2)CC1)C1CCCCN1. The van der Waals surface area contributed by atoms with Crippen LogP contribution in [0.1, 0.15) is 44.1 Å². The highest BCUT2D eigenvalue weighted by Gasteiger charge is 2.26. The minimum absolute atomic E-state index is 0.0284. The molecule has 0 spiro atoms. The molecule has 1 aromatic carbocycles. The largest absolute Gasteiger partial charge is 0.352 e. The fourth-order valence-electron chi connectivity index (χ4n) is 3.70. The van der Waals surface area contributed by atoms with Crippen molar-refractivity contribution < 1.29 is 9.59 Å². The van der Waals surface area contributed by atoms with Crippen LogP contribution in [0.4, 0.5) is 0 Å². The molecule has 3 rings (SSSR count). The predicted molar refractivity (Wildman–Crippen MR) is 98.1 cm³/mol. The zero-order valence-electron chi connectivity index (χ0n) is 14.9. The highest BCUT2D eigenvalue weighted by atomic mass is 16.2. The van der Waals surface area contributed by atoms with Crippen LogP contribution in [0.15, 0.2) is 30.3 Å². The van der Waals surface area contributed by atoms with E-state index in [1.807, 2.05) is 23.1 Å². The summed E-state index contributed by atoms with van der Waals surface area (Å²) in [6.07, 6.45) is 6.29. The van der Waals surface area contributed by atoms with Gasteiger partial charge in [-0.1, -0.05) is 36.8 Å². The molecule has 2 heterocycles. The maximum absolute atomic E-state index is 12.4. The van der Waals surface area contributed by atoms with E-state index in [-0.39, 0.29) is 23.9 Å². The predicted octanol–water partition coefficient (Wildman–Crippen LogP) is 1.87. The first-order valence-electron chi connectivity index (χ1n) is 9.58. The standard InChI is InChI=1S/C20H29N3O2/c24-19(10-9-16-6-2-1-3-7-16)23-14-11-17(12-15-23)22-20(25)18-8-4-5-13-21-18/h1-3,6-7,17-18,21H,4-5,8-15H2,(H,22,25). The van der Waals surface area contributed by atoms with E-state index in [2.05, 4.69) is 22.8 Å². The van der Waals surface area contributed by atoms with Gasteiger partial charge in [0.25, 0.3) is 0 Å². The number of nitrogens with one attached hydrogen (secondary N) is 2. The molecule has 1 unspecified atom stereocenters. The first-order chi connectivity index (χ1) is 12.2. The van der Waals surface area contributed by atoms with E-state index in [0.717, 1.165) is 58.2 Å². The molecule has 2 saturated heterocycles. The Labute approximate surface area is 150 Å². The molecule has 2 fully saturated rings. The summed E-state index contributed by atoms with van der Waals surface area (Å²) in [5.74, 6) is 0.358. The molecule has 2 amide bonds. The third-order valence-corrected chi connectivity index (χ3v) is 5.29. The van der Waals surface area contributed by atoms with Gasteiger partial charge in [0.05, 0.1) is 6.04 Å². The van der Waals surface area contributed by atoms with E-state index in [4.69, 9.17) is 0 Å². The Morgan fingerprint density at radius 3 is 2.52 bits per heavy atom. The van der Waals surface area contributed by atoms with E-state index >= 15 is 0 Å². The maximum atomic E-state index is 12.4. The Hall–Kier alpha value is -1.88. The van der Waals surface area contributed by atoms with Gasteiger partial charge >= 0.3 is 0 Å². The van der Waals surface area contributed by atoms with Crippen LogP contribution >= 0.6 is 0 Å². The number of likely N-dealkylation sites (tertiary alicyclic amines) is 1. The molecule has 1 atom stereocenters. The fraction of sp³-hybridized carbons (Fsp3) is 0.600. The number of rotatable bonds is 5. The second-order valence-corrected chi connectivity index (χ2v) is 7.15. The van der Waals surface area contributed by atoms with Crippen LogP contribution < -0.4 is 10.6 Å². The molecule has 2 aliphatic rings. The van der Waals surface area contributed by atoms with Gasteiger partial charge in [-0.15, -0.1) is 0 Å². The van der Waals surface area contributed by atoms with E-state index < -0.39 is 0 Å². The molecule has 25 heavy (non-hydrogen) atoms. The van der Waals surface area contributed by atoms with Gasteiger partial charge in [-0.3, -0.25) is 9.59 Å². The summed E-state index contributed by atoms with van der Waals surface area (Å²) < 4.78 is 0. The zero-order chi connectivity index (χ0) is 17.5. The zero-order valence-corrected chi connectivity index (χ0v) is 14.9. The smallest absolute Gasteiger partial charge is 0.237 e. The number of carbonyl (C=O) groups is 2. The van der Waals surface area contributed by atoms with Crippen molar-refractivity contribution in [3.05, 3.63) is 35.9 Å². The average Bonchev–Trinajstić information content (AvgIpc) is 2.68. The Morgan fingerprint density at radius 2 is 1.84 bits per heavy atom. The Balaban J connectivity index is 1.37. The van der Waals surface area contributed by atoms with Crippen molar-refractivity contribution in [2.75, 3.05) is 19.6 Å². The number of amides is 2. The van der Waals surface area contributed by atoms with Crippen molar-refractivity contribution >= 4 is 11.8 Å². The maximum Gasteiger partial charge on any atom is 0.237 e. The van der Waals surface area contributed by atoms with Crippen molar-refractivity contribution in [2.24, 2.45) is 0 Å². The van der Waals surface area contributed by atoms with E-state index in [9.17, 15) is 9.59 Å². The highest BCUT2D eigenvalue weighted by molar-refractivity contribution is 5.82. The Morgan fingerprint density at radius 1 is 1.08 bits per heavy atom. The molecule has 0 radical (unpaired) electrons. The van der Waals surface area contributed by atoms with Gasteiger partial charge in [0.1, 0.15) is 0 Å². The molecule has 0 aromatic heterocycles. The van der Waals surface area contributed by atoms with Crippen molar-refractivity contribution in [1.82, 2.24) is 15.5 Å². The number of hydrogen-bond donors (Lipinski definition) is 2. The summed E-state index contributed by atoms with van der Waals surface area (Å²) in [6.45, 7) is 2.43. The van der Waals surface area contributed by atoms with Gasteiger partial charge in [-0.2, -0.15) is 0 Å². The van der Waals surface area contributed by atoms with Crippen LogP contribution in [0.25, 0.3) is 0 Å². The molecule has 136 valence electrons. The van der Waals surface area contributed by atoms with Crippen LogP contribution in [0, 0.1) is 0 Å². The minimum atomic E-state index is -0.0284. The molecule has 2 aliphatic heterocycles. The summed E-state index contributed by atoms with van der Waals surface area (Å²) in [7, 11) is 0. The fourth-order valence-corrected chi connectivity index (χ4v) is 3.70. The van der Waals surface area contributed by atoms with Crippen molar-refractivity contribution in [3.63, 3.8) is 0 Å². The summed E-state index contributed by atoms with van der Waals surface area (Å²) in [4.78, 5) is 26.6. The first kappa shape index (κ1) is 17.9. The lowest BCUT2D eigenvalue weighted by atomic mass is 10.0. The number of benzene rings is 1. The lowest BCUT2D eigenvalue weighted by molar-refractivity contribution is -0.132. The summed E-state index contributed by atoms with van der Waals surface area (Å²) >= 11 is 0. The van der Waals surface area contributed by atoms with Gasteiger partial charge in [-0.25, -0.2) is 0 Å². The Bertz CT molecular complexity index is 562. The first-order valence-corrected chi connectivity index (χ1v) is 9.58. The second-order valence-electron chi connectivity index (χ2n) is 7.15. The second kappa shape index (κ2) is 8.99. The van der Waals surface area contributed by atoms with Gasteiger partial charge in [0.2, 0.25) is 11.8 Å². The molecule has 0 bridgehead atoms. The number of carbonyl (C=O) groups excluding carboxylic acids is 2. The lowest BCUT2D eigenvalue weighted by Gasteiger charge is -2.33. The minimum Gasteiger partial charge on any atom is -0.352 e. The third-order valence-electron chi connectivity index (χ3n) is 5.29. The number of nitrogens with zero attached hydrogens (tertiary/aromatic N) is 1. The number of aryl methyl sites for hydroxylation is 1. The van der Waals surface area contributed by atoms with Gasteiger partial charge in [0.15, 0.2) is 0 Å². The van der Waals surface area contributed by atoms with Crippen molar-refractivity contribution in [1.29, 1.82) is 0 Å². The van der Waals surface area contributed by atoms with E-state index in [1.165, 1.54) is 5.56 Å². The quantitative estimate of drug-likeness (QED) is 0.858.